The van der Waals surface area contributed by atoms with Crippen LogP contribution in [0.1, 0.15) is 48.8 Å². The van der Waals surface area contributed by atoms with Crippen LogP contribution in [0.15, 0.2) is 64.0 Å². The highest BCUT2D eigenvalue weighted by atomic mass is 35.5. The van der Waals surface area contributed by atoms with Gasteiger partial charge in [0.2, 0.25) is 0 Å². The molecule has 0 atom stereocenters. The minimum Gasteiger partial charge on any atom is -0.383 e. The van der Waals surface area contributed by atoms with Crippen LogP contribution in [0.5, 0.6) is 0 Å². The molecule has 3 aliphatic rings. The number of nitrogens with zero attached hydrogens (tertiary/aromatic N) is 2. The van der Waals surface area contributed by atoms with Crippen LogP contribution in [0.4, 0.5) is 0 Å². The van der Waals surface area contributed by atoms with E-state index in [0.717, 1.165) is 49.4 Å². The van der Waals surface area contributed by atoms with Crippen LogP contribution in [0.3, 0.4) is 0 Å². The van der Waals surface area contributed by atoms with E-state index in [4.69, 9.17) is 38.7 Å². The Bertz CT molecular complexity index is 1100. The van der Waals surface area contributed by atoms with E-state index in [-0.39, 0.29) is 0 Å². The first kappa shape index (κ1) is 26.9. The van der Waals surface area contributed by atoms with Crippen molar-refractivity contribution < 1.29 is 4.74 Å². The third-order valence-corrected chi connectivity index (χ3v) is 7.41. The van der Waals surface area contributed by atoms with Gasteiger partial charge >= 0.3 is 0 Å². The van der Waals surface area contributed by atoms with Crippen LogP contribution in [-0.2, 0) is 17.6 Å². The van der Waals surface area contributed by atoms with E-state index >= 15 is 0 Å². The molecule has 2 aromatic carbocycles. The van der Waals surface area contributed by atoms with Gasteiger partial charge in [0.1, 0.15) is 5.82 Å². The summed E-state index contributed by atoms with van der Waals surface area (Å²) in [6.07, 6.45) is 7.98. The van der Waals surface area contributed by atoms with Crippen molar-refractivity contribution in [3.05, 3.63) is 80.7 Å². The van der Waals surface area contributed by atoms with Crippen molar-refractivity contribution in [2.75, 3.05) is 20.3 Å². The fraction of sp³-hybridized carbons (Fsp3) is 0.448. The molecule has 0 amide bonds. The van der Waals surface area contributed by atoms with E-state index in [1.807, 2.05) is 12.1 Å². The van der Waals surface area contributed by atoms with Gasteiger partial charge in [-0.1, -0.05) is 53.5 Å². The SMILES string of the molecule is C=N/C(N)=C(\N=C(CC1CC1)c1ccc(Cl)cc1Cl)C1CC1.COCCNC1Cc2ccccc2C1. The van der Waals surface area contributed by atoms with E-state index in [0.29, 0.717) is 33.7 Å². The fourth-order valence-corrected chi connectivity index (χ4v) is 5.06. The molecule has 0 spiro atoms. The summed E-state index contributed by atoms with van der Waals surface area (Å²) in [4.78, 5) is 8.73. The number of halogens is 2. The van der Waals surface area contributed by atoms with Gasteiger partial charge in [0.05, 0.1) is 17.3 Å². The lowest BCUT2D eigenvalue weighted by Crippen LogP contribution is -2.32. The van der Waals surface area contributed by atoms with E-state index in [1.165, 1.54) is 36.8 Å². The van der Waals surface area contributed by atoms with Crippen LogP contribution < -0.4 is 11.1 Å². The normalized spacial score (nSPS) is 18.2. The molecule has 36 heavy (non-hydrogen) atoms. The Balaban J connectivity index is 0.000000187. The van der Waals surface area contributed by atoms with Crippen LogP contribution in [0.25, 0.3) is 0 Å². The predicted octanol–water partition coefficient (Wildman–Crippen LogP) is 6.21. The molecule has 0 radical (unpaired) electrons. The second kappa shape index (κ2) is 12.9. The van der Waals surface area contributed by atoms with Crippen molar-refractivity contribution in [2.24, 2.45) is 27.6 Å². The standard InChI is InChI=1S/C17H19Cl2N3.C12H17NO/c1-21-17(20)16(11-4-5-11)22-15(8-10-2-3-10)13-7-6-12(18)9-14(13)19;1-14-7-6-13-12-8-10-4-2-3-5-11(10)9-12/h6-7,9-11H,1-5,8,20H2;2-5,12-13H,6-9H2,1H3/b17-16-,22-15?;. The summed E-state index contributed by atoms with van der Waals surface area (Å²) in [5, 5.41) is 4.77. The number of fused-ring (bicyclic) bond motifs is 1. The number of nitrogens with one attached hydrogen (secondary N) is 1. The molecule has 0 heterocycles. The van der Waals surface area contributed by atoms with E-state index in [1.54, 1.807) is 13.2 Å². The van der Waals surface area contributed by atoms with Crippen molar-refractivity contribution >= 4 is 35.6 Å². The molecule has 2 aromatic rings. The van der Waals surface area contributed by atoms with E-state index < -0.39 is 0 Å². The Morgan fingerprint density at radius 2 is 1.78 bits per heavy atom. The maximum absolute atomic E-state index is 6.37. The average molecular weight is 528 g/mol. The lowest BCUT2D eigenvalue weighted by atomic mass is 10.0. The monoisotopic (exact) mass is 526 g/mol. The Hall–Kier alpha value is -2.18. The Labute approximate surface area is 224 Å². The van der Waals surface area contributed by atoms with Gasteiger partial charge in [0, 0.05) is 41.9 Å². The van der Waals surface area contributed by atoms with Gasteiger partial charge in [-0.2, -0.15) is 0 Å². The summed E-state index contributed by atoms with van der Waals surface area (Å²) >= 11 is 12.4. The molecule has 2 fully saturated rings. The summed E-state index contributed by atoms with van der Waals surface area (Å²) in [7, 11) is 1.74. The largest absolute Gasteiger partial charge is 0.383 e. The maximum atomic E-state index is 6.37. The van der Waals surface area contributed by atoms with E-state index in [9.17, 15) is 0 Å². The van der Waals surface area contributed by atoms with Gasteiger partial charge in [-0.15, -0.1) is 0 Å². The average Bonchev–Trinajstić information content (AvgIpc) is 3.80. The van der Waals surface area contributed by atoms with Crippen molar-refractivity contribution in [1.29, 1.82) is 0 Å². The molecule has 192 valence electrons. The summed E-state index contributed by atoms with van der Waals surface area (Å²) in [6.45, 7) is 5.28. The van der Waals surface area contributed by atoms with Crippen LogP contribution in [0, 0.1) is 11.8 Å². The first-order valence-electron chi connectivity index (χ1n) is 12.8. The zero-order valence-corrected chi connectivity index (χ0v) is 22.5. The summed E-state index contributed by atoms with van der Waals surface area (Å²) in [6, 6.07) is 14.9. The maximum Gasteiger partial charge on any atom is 0.144 e. The van der Waals surface area contributed by atoms with E-state index in [2.05, 4.69) is 41.3 Å². The highest BCUT2D eigenvalue weighted by molar-refractivity contribution is 6.37. The second-order valence-electron chi connectivity index (χ2n) is 9.85. The number of rotatable bonds is 10. The minimum absolute atomic E-state index is 0.408. The number of methoxy groups -OCH3 is 1. The van der Waals surface area contributed by atoms with Gasteiger partial charge in [-0.25, -0.2) is 4.99 Å². The highest BCUT2D eigenvalue weighted by Crippen LogP contribution is 2.40. The smallest absolute Gasteiger partial charge is 0.144 e. The molecular weight excluding hydrogens is 491 g/mol. The van der Waals surface area contributed by atoms with Gasteiger partial charge in [-0.05, 0) is 80.8 Å². The summed E-state index contributed by atoms with van der Waals surface area (Å²) in [5.41, 5.74) is 11.8. The number of nitrogens with two attached hydrogens (primary N) is 1. The molecule has 2 saturated carbocycles. The van der Waals surface area contributed by atoms with Crippen molar-refractivity contribution in [1.82, 2.24) is 5.32 Å². The number of aliphatic imine (C=N–C) groups is 2. The number of ether oxygens (including phenoxy) is 1. The minimum atomic E-state index is 0.408. The highest BCUT2D eigenvalue weighted by Gasteiger charge is 2.30. The molecule has 3 aliphatic carbocycles. The summed E-state index contributed by atoms with van der Waals surface area (Å²) in [5.74, 6) is 1.54. The molecule has 3 N–H and O–H groups in total. The fourth-order valence-electron chi connectivity index (χ4n) is 4.54. The number of allylic oxidation sites excluding steroid dienone is 1. The number of hydrogen-bond donors (Lipinski definition) is 2. The first-order valence-corrected chi connectivity index (χ1v) is 13.5. The third kappa shape index (κ3) is 7.66. The topological polar surface area (TPSA) is 72.0 Å². The molecule has 0 aromatic heterocycles. The Morgan fingerprint density at radius 3 is 2.33 bits per heavy atom. The molecule has 7 heteroatoms. The van der Waals surface area contributed by atoms with Crippen molar-refractivity contribution in [2.45, 2.75) is 51.0 Å². The molecule has 0 aliphatic heterocycles. The zero-order chi connectivity index (χ0) is 25.5. The summed E-state index contributed by atoms with van der Waals surface area (Å²) < 4.78 is 5.02. The zero-order valence-electron chi connectivity index (χ0n) is 21.0. The first-order chi connectivity index (χ1) is 17.5. The molecule has 5 nitrogen and oxygen atoms in total. The number of hydrogen-bond acceptors (Lipinski definition) is 5. The molecule has 0 bridgehead atoms. The Kier molecular flexibility index (Phi) is 9.60. The quantitative estimate of drug-likeness (QED) is 0.285. The van der Waals surface area contributed by atoms with Crippen molar-refractivity contribution in [3.63, 3.8) is 0 Å². The lowest BCUT2D eigenvalue weighted by molar-refractivity contribution is 0.196. The molecular formula is C29H36Cl2N4O. The number of benzene rings is 2. The van der Waals surface area contributed by atoms with Gasteiger partial charge in [0.15, 0.2) is 0 Å². The third-order valence-electron chi connectivity index (χ3n) is 6.86. The van der Waals surface area contributed by atoms with Crippen LogP contribution in [-0.4, -0.2) is 38.7 Å². The predicted molar refractivity (Wildman–Crippen MR) is 151 cm³/mol. The lowest BCUT2D eigenvalue weighted by Gasteiger charge is -2.11. The van der Waals surface area contributed by atoms with Crippen LogP contribution >= 0.6 is 23.2 Å². The Morgan fingerprint density at radius 1 is 1.08 bits per heavy atom. The molecule has 5 rings (SSSR count). The van der Waals surface area contributed by atoms with Gasteiger partial charge < -0.3 is 15.8 Å². The van der Waals surface area contributed by atoms with Crippen molar-refractivity contribution in [3.8, 4) is 0 Å². The van der Waals surface area contributed by atoms with Crippen LogP contribution in [0.2, 0.25) is 10.0 Å². The van der Waals surface area contributed by atoms with Gasteiger partial charge in [-0.3, -0.25) is 4.99 Å². The second-order valence-corrected chi connectivity index (χ2v) is 10.7. The molecule has 0 unspecified atom stereocenters. The van der Waals surface area contributed by atoms with Gasteiger partial charge in [0.25, 0.3) is 0 Å². The molecule has 0 saturated heterocycles.